The molecule has 1 aliphatic rings. The Morgan fingerprint density at radius 2 is 2.13 bits per heavy atom. The van der Waals surface area contributed by atoms with Gasteiger partial charge in [0.15, 0.2) is 0 Å². The van der Waals surface area contributed by atoms with Gasteiger partial charge in [-0.1, -0.05) is 6.42 Å². The Kier molecular flexibility index (Phi) is 5.58. The monoisotopic (exact) mass is 213 g/mol. The highest BCUT2D eigenvalue weighted by Crippen LogP contribution is 2.21. The Balaban J connectivity index is 2.42. The highest BCUT2D eigenvalue weighted by Gasteiger charge is 2.25. The van der Waals surface area contributed by atoms with Crippen molar-refractivity contribution in [2.45, 2.75) is 44.7 Å². The average molecular weight is 213 g/mol. The van der Waals surface area contributed by atoms with Gasteiger partial charge in [0.25, 0.3) is 0 Å². The van der Waals surface area contributed by atoms with E-state index in [-0.39, 0.29) is 0 Å². The molecule has 0 radical (unpaired) electrons. The summed E-state index contributed by atoms with van der Waals surface area (Å²) in [5.41, 5.74) is 5.77. The van der Waals surface area contributed by atoms with Gasteiger partial charge in [-0.2, -0.15) is 0 Å². The van der Waals surface area contributed by atoms with E-state index < -0.39 is 0 Å². The summed E-state index contributed by atoms with van der Waals surface area (Å²) in [4.78, 5) is 4.90. The maximum Gasteiger partial charge on any atom is 0.0193 e. The fourth-order valence-corrected chi connectivity index (χ4v) is 2.46. The van der Waals surface area contributed by atoms with Gasteiger partial charge in [-0.3, -0.25) is 4.90 Å². The van der Waals surface area contributed by atoms with E-state index in [2.05, 4.69) is 30.8 Å². The lowest BCUT2D eigenvalue weighted by molar-refractivity contribution is 0.0949. The van der Waals surface area contributed by atoms with E-state index in [1.54, 1.807) is 0 Å². The van der Waals surface area contributed by atoms with Gasteiger partial charge < -0.3 is 10.6 Å². The fourth-order valence-electron chi connectivity index (χ4n) is 2.46. The zero-order chi connectivity index (χ0) is 11.3. The van der Waals surface area contributed by atoms with E-state index in [1.807, 2.05) is 0 Å². The number of hydrogen-bond donors (Lipinski definition) is 1. The first-order chi connectivity index (χ1) is 7.15. The number of rotatable bonds is 5. The van der Waals surface area contributed by atoms with Crippen LogP contribution in [0.25, 0.3) is 0 Å². The normalized spacial score (nSPS) is 25.8. The number of hydrogen-bond acceptors (Lipinski definition) is 3. The van der Waals surface area contributed by atoms with Crippen LogP contribution in [-0.2, 0) is 0 Å². The van der Waals surface area contributed by atoms with Gasteiger partial charge in [-0.25, -0.2) is 0 Å². The zero-order valence-corrected chi connectivity index (χ0v) is 10.6. The van der Waals surface area contributed by atoms with Crippen LogP contribution in [0.3, 0.4) is 0 Å². The average Bonchev–Trinajstić information content (AvgIpc) is 2.25. The lowest BCUT2D eigenvalue weighted by Crippen LogP contribution is -2.48. The van der Waals surface area contributed by atoms with E-state index in [1.165, 1.54) is 38.8 Å². The molecule has 1 heterocycles. The van der Waals surface area contributed by atoms with Gasteiger partial charge in [0.05, 0.1) is 0 Å². The minimum absolute atomic E-state index is 0.553. The van der Waals surface area contributed by atoms with Crippen molar-refractivity contribution in [2.75, 3.05) is 33.7 Å². The molecule has 2 unspecified atom stereocenters. The molecular weight excluding hydrogens is 186 g/mol. The predicted octanol–water partition coefficient (Wildman–Crippen LogP) is 1.14. The summed E-state index contributed by atoms with van der Waals surface area (Å²) in [5, 5.41) is 0. The van der Waals surface area contributed by atoms with Crippen molar-refractivity contribution >= 4 is 0 Å². The molecule has 0 amide bonds. The van der Waals surface area contributed by atoms with E-state index in [0.717, 1.165) is 12.6 Å². The molecule has 15 heavy (non-hydrogen) atoms. The van der Waals surface area contributed by atoms with Crippen molar-refractivity contribution < 1.29 is 0 Å². The molecule has 1 aliphatic heterocycles. The molecule has 0 spiro atoms. The van der Waals surface area contributed by atoms with E-state index >= 15 is 0 Å². The van der Waals surface area contributed by atoms with Crippen LogP contribution < -0.4 is 5.73 Å². The predicted molar refractivity (Wildman–Crippen MR) is 66.0 cm³/mol. The molecule has 0 aromatic carbocycles. The molecule has 1 fully saturated rings. The van der Waals surface area contributed by atoms with Crippen molar-refractivity contribution in [2.24, 2.45) is 5.73 Å². The summed E-state index contributed by atoms with van der Waals surface area (Å²) in [7, 11) is 4.30. The van der Waals surface area contributed by atoms with Crippen LogP contribution in [0.1, 0.15) is 32.6 Å². The van der Waals surface area contributed by atoms with Crippen LogP contribution in [-0.4, -0.2) is 55.6 Å². The second-order valence-electron chi connectivity index (χ2n) is 5.06. The number of piperidine rings is 1. The quantitative estimate of drug-likeness (QED) is 0.743. The van der Waals surface area contributed by atoms with E-state index in [4.69, 9.17) is 5.73 Å². The lowest BCUT2D eigenvalue weighted by Gasteiger charge is -2.40. The summed E-state index contributed by atoms with van der Waals surface area (Å²) < 4.78 is 0. The van der Waals surface area contributed by atoms with E-state index in [9.17, 15) is 0 Å². The highest BCUT2D eigenvalue weighted by atomic mass is 15.2. The zero-order valence-electron chi connectivity index (χ0n) is 10.6. The second kappa shape index (κ2) is 6.46. The van der Waals surface area contributed by atoms with Crippen LogP contribution in [0.4, 0.5) is 0 Å². The topological polar surface area (TPSA) is 32.5 Å². The molecule has 2 atom stereocenters. The third kappa shape index (κ3) is 4.09. The first kappa shape index (κ1) is 12.9. The number of nitrogens with zero attached hydrogens (tertiary/aromatic N) is 2. The minimum Gasteiger partial charge on any atom is -0.329 e. The van der Waals surface area contributed by atoms with Gasteiger partial charge in [-0.05, 0) is 53.4 Å². The van der Waals surface area contributed by atoms with Gasteiger partial charge in [-0.15, -0.1) is 0 Å². The molecule has 0 saturated carbocycles. The largest absolute Gasteiger partial charge is 0.329 e. The maximum absolute atomic E-state index is 5.77. The number of likely N-dealkylation sites (tertiary alicyclic amines) is 1. The first-order valence-corrected chi connectivity index (χ1v) is 6.25. The molecule has 0 aromatic rings. The first-order valence-electron chi connectivity index (χ1n) is 6.25. The molecule has 3 heteroatoms. The summed E-state index contributed by atoms with van der Waals surface area (Å²) in [5.74, 6) is 0. The van der Waals surface area contributed by atoms with Crippen LogP contribution in [0.5, 0.6) is 0 Å². The standard InChI is InChI=1S/C12H27N3/c1-11(10-13)15-8-5-4-6-12(15)7-9-14(2)3/h11-12H,4-10,13H2,1-3H3. The van der Waals surface area contributed by atoms with Crippen LogP contribution in [0.2, 0.25) is 0 Å². The molecule has 0 aromatic heterocycles. The third-order valence-electron chi connectivity index (χ3n) is 3.49. The van der Waals surface area contributed by atoms with Crippen molar-refractivity contribution in [3.63, 3.8) is 0 Å². The second-order valence-corrected chi connectivity index (χ2v) is 5.06. The van der Waals surface area contributed by atoms with Gasteiger partial charge in [0.1, 0.15) is 0 Å². The van der Waals surface area contributed by atoms with Crippen molar-refractivity contribution in [3.8, 4) is 0 Å². The summed E-state index contributed by atoms with van der Waals surface area (Å²) >= 11 is 0. The molecule has 0 bridgehead atoms. The summed E-state index contributed by atoms with van der Waals surface area (Å²) in [6.07, 6.45) is 5.39. The molecule has 3 nitrogen and oxygen atoms in total. The van der Waals surface area contributed by atoms with Crippen LogP contribution in [0, 0.1) is 0 Å². The van der Waals surface area contributed by atoms with Gasteiger partial charge in [0.2, 0.25) is 0 Å². The molecule has 90 valence electrons. The Morgan fingerprint density at radius 3 is 2.73 bits per heavy atom. The van der Waals surface area contributed by atoms with Gasteiger partial charge in [0, 0.05) is 18.6 Å². The molecule has 1 rings (SSSR count). The number of nitrogens with two attached hydrogens (primary N) is 1. The Hall–Kier alpha value is -0.120. The van der Waals surface area contributed by atoms with Gasteiger partial charge >= 0.3 is 0 Å². The fraction of sp³-hybridized carbons (Fsp3) is 1.00. The van der Waals surface area contributed by atoms with Crippen molar-refractivity contribution in [1.82, 2.24) is 9.80 Å². The van der Waals surface area contributed by atoms with E-state index in [0.29, 0.717) is 6.04 Å². The van der Waals surface area contributed by atoms with Crippen molar-refractivity contribution in [3.05, 3.63) is 0 Å². The molecule has 1 saturated heterocycles. The molecule has 2 N–H and O–H groups in total. The highest BCUT2D eigenvalue weighted by molar-refractivity contribution is 4.81. The van der Waals surface area contributed by atoms with Crippen LogP contribution >= 0.6 is 0 Å². The molecular formula is C12H27N3. The Labute approximate surface area is 94.6 Å². The minimum atomic E-state index is 0.553. The SMILES string of the molecule is CC(CN)N1CCCCC1CCN(C)C. The summed E-state index contributed by atoms with van der Waals surface area (Å²) in [6, 6.07) is 1.32. The third-order valence-corrected chi connectivity index (χ3v) is 3.49. The Bertz CT molecular complexity index is 170. The Morgan fingerprint density at radius 1 is 1.40 bits per heavy atom. The smallest absolute Gasteiger partial charge is 0.0193 e. The maximum atomic E-state index is 5.77. The lowest BCUT2D eigenvalue weighted by atomic mass is 9.97. The summed E-state index contributed by atoms with van der Waals surface area (Å²) in [6.45, 7) is 5.49. The van der Waals surface area contributed by atoms with Crippen LogP contribution in [0.15, 0.2) is 0 Å². The molecule has 0 aliphatic carbocycles. The van der Waals surface area contributed by atoms with Crippen molar-refractivity contribution in [1.29, 1.82) is 0 Å².